The first-order valence-corrected chi connectivity index (χ1v) is 10.4. The van der Waals surface area contributed by atoms with Gasteiger partial charge in [-0.1, -0.05) is 6.07 Å². The molecule has 10 heteroatoms. The van der Waals surface area contributed by atoms with Crippen molar-refractivity contribution in [1.29, 1.82) is 0 Å². The molecule has 140 valence electrons. The van der Waals surface area contributed by atoms with E-state index < -0.39 is 0 Å². The molecule has 1 aromatic carbocycles. The molecule has 0 aliphatic heterocycles. The molecule has 0 aliphatic rings. The zero-order valence-corrected chi connectivity index (χ0v) is 16.7. The maximum absolute atomic E-state index is 12.9. The summed E-state index contributed by atoms with van der Waals surface area (Å²) in [6.07, 6.45) is 3.41. The number of nitrogens with one attached hydrogen (secondary N) is 1. The van der Waals surface area contributed by atoms with Gasteiger partial charge in [-0.25, -0.2) is 14.6 Å². The van der Waals surface area contributed by atoms with Crippen LogP contribution in [0.25, 0.3) is 16.4 Å². The van der Waals surface area contributed by atoms with E-state index in [0.717, 1.165) is 10.6 Å². The Bertz CT molecular complexity index is 1090. The maximum atomic E-state index is 12.9. The van der Waals surface area contributed by atoms with Crippen molar-refractivity contribution in [1.82, 2.24) is 30.2 Å². The molecule has 4 rings (SSSR count). The number of amides is 1. The van der Waals surface area contributed by atoms with E-state index in [2.05, 4.69) is 30.8 Å². The first-order chi connectivity index (χ1) is 13.7. The fraction of sp³-hybridized carbons (Fsp3) is 0.111. The highest BCUT2D eigenvalue weighted by atomic mass is 32.2. The average molecular weight is 410 g/mol. The highest BCUT2D eigenvalue weighted by Gasteiger charge is 2.19. The van der Waals surface area contributed by atoms with Crippen molar-refractivity contribution in [2.24, 2.45) is 0 Å². The lowest BCUT2D eigenvalue weighted by Crippen LogP contribution is -2.17. The maximum Gasteiger partial charge on any atom is 0.260 e. The van der Waals surface area contributed by atoms with Gasteiger partial charge in [0.05, 0.1) is 21.8 Å². The van der Waals surface area contributed by atoms with Crippen LogP contribution in [0.3, 0.4) is 0 Å². The summed E-state index contributed by atoms with van der Waals surface area (Å²) >= 11 is 3.00. The van der Waals surface area contributed by atoms with Crippen LogP contribution in [0.4, 0.5) is 5.69 Å². The van der Waals surface area contributed by atoms with E-state index in [4.69, 9.17) is 0 Å². The predicted molar refractivity (Wildman–Crippen MR) is 109 cm³/mol. The molecule has 0 spiro atoms. The lowest BCUT2D eigenvalue weighted by atomic mass is 10.2. The van der Waals surface area contributed by atoms with Crippen LogP contribution in [-0.2, 0) is 0 Å². The van der Waals surface area contributed by atoms with Gasteiger partial charge >= 0.3 is 0 Å². The summed E-state index contributed by atoms with van der Waals surface area (Å²) < 4.78 is 1.54. The molecule has 3 aromatic heterocycles. The Labute approximate surface area is 169 Å². The summed E-state index contributed by atoms with van der Waals surface area (Å²) in [6.45, 7) is 1.83. The summed E-state index contributed by atoms with van der Waals surface area (Å²) in [4.78, 5) is 23.0. The molecule has 0 unspecified atom stereocenters. The Hall–Kier alpha value is -3.11. The van der Waals surface area contributed by atoms with Gasteiger partial charge in [0, 0.05) is 5.69 Å². The summed E-state index contributed by atoms with van der Waals surface area (Å²) in [6, 6.07) is 11.2. The second kappa shape index (κ2) is 7.87. The number of tetrazole rings is 1. The number of aromatic nitrogens is 6. The largest absolute Gasteiger partial charge is 0.322 e. The minimum absolute atomic E-state index is 0.241. The van der Waals surface area contributed by atoms with E-state index in [1.807, 2.05) is 42.8 Å². The first-order valence-electron chi connectivity index (χ1n) is 8.27. The van der Waals surface area contributed by atoms with Crippen molar-refractivity contribution in [2.75, 3.05) is 11.6 Å². The molecule has 0 bridgehead atoms. The Morgan fingerprint density at radius 2 is 2.00 bits per heavy atom. The zero-order chi connectivity index (χ0) is 19.5. The highest BCUT2D eigenvalue weighted by Crippen LogP contribution is 2.28. The topological polar surface area (TPSA) is 98.5 Å². The molecule has 28 heavy (non-hydrogen) atoms. The molecule has 0 atom stereocenters. The molecule has 0 aliphatic carbocycles. The van der Waals surface area contributed by atoms with E-state index in [1.54, 1.807) is 28.2 Å². The molecule has 0 fully saturated rings. The number of anilines is 1. The Balaban J connectivity index is 1.59. The fourth-order valence-corrected chi connectivity index (χ4v) is 3.92. The number of carbonyl (C=O) groups is 1. The van der Waals surface area contributed by atoms with E-state index in [9.17, 15) is 4.79 Å². The van der Waals surface area contributed by atoms with Gasteiger partial charge < -0.3 is 5.32 Å². The molecule has 1 N–H and O–H groups in total. The SMILES string of the molecule is CSc1nc(-c2cccs2)nc(C)c1C(=O)Nc1ccc(-n2cnnn2)cc1. The number of hydrogen-bond donors (Lipinski definition) is 1. The van der Waals surface area contributed by atoms with Crippen molar-refractivity contribution in [3.8, 4) is 16.4 Å². The number of rotatable bonds is 5. The lowest BCUT2D eigenvalue weighted by molar-refractivity contribution is 0.102. The summed E-state index contributed by atoms with van der Waals surface area (Å²) in [5.41, 5.74) is 2.59. The molecular formula is C18H15N7OS2. The van der Waals surface area contributed by atoms with Crippen LogP contribution < -0.4 is 5.32 Å². The molecule has 1 amide bonds. The number of carbonyl (C=O) groups excluding carboxylic acids is 1. The molecule has 0 radical (unpaired) electrons. The third kappa shape index (κ3) is 3.64. The van der Waals surface area contributed by atoms with Gasteiger partial charge in [0.2, 0.25) is 0 Å². The predicted octanol–water partition coefficient (Wildman–Crippen LogP) is 3.46. The number of hydrogen-bond acceptors (Lipinski definition) is 8. The Morgan fingerprint density at radius 3 is 2.64 bits per heavy atom. The monoisotopic (exact) mass is 409 g/mol. The van der Waals surface area contributed by atoms with Crippen molar-refractivity contribution in [3.05, 3.63) is 59.4 Å². The van der Waals surface area contributed by atoms with E-state index in [0.29, 0.717) is 27.8 Å². The minimum Gasteiger partial charge on any atom is -0.322 e. The molecule has 0 saturated heterocycles. The van der Waals surface area contributed by atoms with Crippen molar-refractivity contribution in [3.63, 3.8) is 0 Å². The summed E-state index contributed by atoms with van der Waals surface area (Å²) in [5.74, 6) is 0.397. The van der Waals surface area contributed by atoms with Crippen molar-refractivity contribution in [2.45, 2.75) is 11.9 Å². The second-order valence-electron chi connectivity index (χ2n) is 5.75. The quantitative estimate of drug-likeness (QED) is 0.398. The summed E-state index contributed by atoms with van der Waals surface area (Å²) in [7, 11) is 0. The van der Waals surface area contributed by atoms with E-state index in [1.165, 1.54) is 18.1 Å². The van der Waals surface area contributed by atoms with Crippen LogP contribution in [0.1, 0.15) is 16.1 Å². The van der Waals surface area contributed by atoms with Crippen LogP contribution in [0.5, 0.6) is 0 Å². The van der Waals surface area contributed by atoms with Gasteiger partial charge in [0.25, 0.3) is 5.91 Å². The average Bonchev–Trinajstić information content (AvgIpc) is 3.42. The minimum atomic E-state index is -0.241. The van der Waals surface area contributed by atoms with Gasteiger partial charge in [0.1, 0.15) is 11.4 Å². The molecule has 3 heterocycles. The zero-order valence-electron chi connectivity index (χ0n) is 15.0. The van der Waals surface area contributed by atoms with Crippen LogP contribution in [0.2, 0.25) is 0 Å². The number of thiophene rings is 1. The Kier molecular flexibility index (Phi) is 5.13. The highest BCUT2D eigenvalue weighted by molar-refractivity contribution is 7.98. The smallest absolute Gasteiger partial charge is 0.260 e. The second-order valence-corrected chi connectivity index (χ2v) is 7.49. The van der Waals surface area contributed by atoms with Gasteiger partial charge in [-0.3, -0.25) is 4.79 Å². The molecular weight excluding hydrogens is 394 g/mol. The molecule has 8 nitrogen and oxygen atoms in total. The van der Waals surface area contributed by atoms with Crippen LogP contribution in [0, 0.1) is 6.92 Å². The van der Waals surface area contributed by atoms with Crippen molar-refractivity contribution >= 4 is 34.7 Å². The van der Waals surface area contributed by atoms with Gasteiger partial charge in [-0.05, 0) is 59.3 Å². The third-order valence-electron chi connectivity index (χ3n) is 3.96. The lowest BCUT2D eigenvalue weighted by Gasteiger charge is -2.12. The van der Waals surface area contributed by atoms with E-state index in [-0.39, 0.29) is 5.91 Å². The fourth-order valence-electron chi connectivity index (χ4n) is 2.64. The van der Waals surface area contributed by atoms with Crippen LogP contribution in [-0.4, -0.2) is 42.3 Å². The number of benzene rings is 1. The first kappa shape index (κ1) is 18.3. The van der Waals surface area contributed by atoms with Gasteiger partial charge in [-0.2, -0.15) is 0 Å². The molecule has 0 saturated carbocycles. The van der Waals surface area contributed by atoms with E-state index >= 15 is 0 Å². The Morgan fingerprint density at radius 1 is 1.18 bits per heavy atom. The normalized spacial score (nSPS) is 10.8. The molecule has 4 aromatic rings. The summed E-state index contributed by atoms with van der Waals surface area (Å²) in [5, 5.41) is 16.6. The van der Waals surface area contributed by atoms with Gasteiger partial charge in [-0.15, -0.1) is 28.2 Å². The van der Waals surface area contributed by atoms with Crippen molar-refractivity contribution < 1.29 is 4.79 Å². The number of thioether (sulfide) groups is 1. The number of nitrogens with zero attached hydrogens (tertiary/aromatic N) is 6. The standard InChI is InChI=1S/C18H15N7OS2/c1-11-15(18(27-2)22-16(20-11)14-4-3-9-28-14)17(26)21-12-5-7-13(8-6-12)25-10-19-23-24-25/h3-10H,1-2H3,(H,21,26). The third-order valence-corrected chi connectivity index (χ3v) is 5.51. The van der Waals surface area contributed by atoms with Crippen LogP contribution >= 0.6 is 23.1 Å². The van der Waals surface area contributed by atoms with Crippen LogP contribution in [0.15, 0.2) is 53.1 Å². The number of aryl methyl sites for hydroxylation is 1. The van der Waals surface area contributed by atoms with Gasteiger partial charge in [0.15, 0.2) is 5.82 Å².